The van der Waals surface area contributed by atoms with Crippen molar-refractivity contribution in [3.8, 4) is 11.3 Å². The van der Waals surface area contributed by atoms with Gasteiger partial charge in [0.15, 0.2) is 5.76 Å². The van der Waals surface area contributed by atoms with Gasteiger partial charge in [-0.15, -0.1) is 0 Å². The van der Waals surface area contributed by atoms with Crippen LogP contribution < -0.4 is 10.6 Å². The molecule has 2 aliphatic rings. The van der Waals surface area contributed by atoms with Crippen molar-refractivity contribution in [1.82, 2.24) is 15.6 Å². The molecule has 0 spiro atoms. The first-order valence-corrected chi connectivity index (χ1v) is 8.33. The zero-order valence-electron chi connectivity index (χ0n) is 12.2. The molecule has 0 aliphatic carbocycles. The van der Waals surface area contributed by atoms with E-state index >= 15 is 0 Å². The van der Waals surface area contributed by atoms with Crippen LogP contribution in [-0.2, 0) is 0 Å². The van der Waals surface area contributed by atoms with E-state index in [1.807, 2.05) is 0 Å². The van der Waals surface area contributed by atoms with Crippen molar-refractivity contribution in [3.05, 3.63) is 40.3 Å². The zero-order chi connectivity index (χ0) is 16.0. The molecule has 2 aliphatic heterocycles. The SMILES string of the molecule is O=C(NC1CC2CCC1N2)c1ncc(-c2cc(Cl)cc(Cl)c2)o1. The molecular weight excluding hydrogens is 337 g/mol. The van der Waals surface area contributed by atoms with Crippen molar-refractivity contribution in [2.45, 2.75) is 37.4 Å². The van der Waals surface area contributed by atoms with Gasteiger partial charge in [-0.05, 0) is 37.5 Å². The fourth-order valence-corrected chi connectivity index (χ4v) is 3.95. The lowest BCUT2D eigenvalue weighted by Gasteiger charge is -2.20. The summed E-state index contributed by atoms with van der Waals surface area (Å²) in [5, 5.41) is 7.49. The molecule has 3 unspecified atom stereocenters. The number of fused-ring (bicyclic) bond motifs is 2. The summed E-state index contributed by atoms with van der Waals surface area (Å²) in [6.45, 7) is 0. The van der Waals surface area contributed by atoms with Crippen LogP contribution in [0.4, 0.5) is 0 Å². The second-order valence-electron chi connectivity index (χ2n) is 6.05. The number of nitrogens with one attached hydrogen (secondary N) is 2. The molecule has 120 valence electrons. The molecule has 1 aromatic carbocycles. The third kappa shape index (κ3) is 2.96. The quantitative estimate of drug-likeness (QED) is 0.890. The number of aromatic nitrogens is 1. The molecule has 2 fully saturated rings. The smallest absolute Gasteiger partial charge is 0.307 e. The van der Waals surface area contributed by atoms with Crippen molar-refractivity contribution < 1.29 is 9.21 Å². The Morgan fingerprint density at radius 2 is 2.04 bits per heavy atom. The average Bonchev–Trinajstić information content (AvgIpc) is 3.22. The third-order valence-electron chi connectivity index (χ3n) is 4.46. The normalized spacial score (nSPS) is 25.7. The summed E-state index contributed by atoms with van der Waals surface area (Å²) in [5.74, 6) is 0.230. The van der Waals surface area contributed by atoms with Gasteiger partial charge in [0.25, 0.3) is 5.89 Å². The van der Waals surface area contributed by atoms with Crippen LogP contribution >= 0.6 is 23.2 Å². The minimum atomic E-state index is -0.288. The maximum absolute atomic E-state index is 12.3. The summed E-state index contributed by atoms with van der Waals surface area (Å²) < 4.78 is 5.57. The molecule has 23 heavy (non-hydrogen) atoms. The van der Waals surface area contributed by atoms with Crippen LogP contribution in [0.5, 0.6) is 0 Å². The number of carbonyl (C=O) groups excluding carboxylic acids is 1. The van der Waals surface area contributed by atoms with Crippen LogP contribution in [0.25, 0.3) is 11.3 Å². The first-order chi connectivity index (χ1) is 11.1. The lowest BCUT2D eigenvalue weighted by Crippen LogP contribution is -2.43. The number of halogens is 2. The molecule has 2 N–H and O–H groups in total. The van der Waals surface area contributed by atoms with Gasteiger partial charge in [0.1, 0.15) is 0 Å². The molecule has 1 amide bonds. The number of amides is 1. The fraction of sp³-hybridized carbons (Fsp3) is 0.375. The van der Waals surface area contributed by atoms with Gasteiger partial charge in [0.2, 0.25) is 0 Å². The van der Waals surface area contributed by atoms with Gasteiger partial charge in [-0.3, -0.25) is 4.79 Å². The van der Waals surface area contributed by atoms with Gasteiger partial charge in [0.05, 0.1) is 6.20 Å². The Balaban J connectivity index is 1.50. The molecule has 5 nitrogen and oxygen atoms in total. The van der Waals surface area contributed by atoms with Crippen LogP contribution in [0.1, 0.15) is 29.9 Å². The summed E-state index contributed by atoms with van der Waals surface area (Å²) in [6, 6.07) is 6.12. The van der Waals surface area contributed by atoms with Gasteiger partial charge < -0.3 is 15.1 Å². The van der Waals surface area contributed by atoms with Crippen LogP contribution in [0, 0.1) is 0 Å². The van der Waals surface area contributed by atoms with E-state index in [-0.39, 0.29) is 17.8 Å². The highest BCUT2D eigenvalue weighted by atomic mass is 35.5. The molecule has 2 saturated heterocycles. The van der Waals surface area contributed by atoms with Crippen LogP contribution in [0.3, 0.4) is 0 Å². The second-order valence-corrected chi connectivity index (χ2v) is 6.92. The Bertz CT molecular complexity index is 741. The Morgan fingerprint density at radius 3 is 2.70 bits per heavy atom. The van der Waals surface area contributed by atoms with Crippen molar-refractivity contribution in [2.24, 2.45) is 0 Å². The Labute approximate surface area is 143 Å². The Morgan fingerprint density at radius 1 is 1.26 bits per heavy atom. The molecule has 7 heteroatoms. The summed E-state index contributed by atoms with van der Waals surface area (Å²) in [6.07, 6.45) is 4.77. The zero-order valence-corrected chi connectivity index (χ0v) is 13.7. The van der Waals surface area contributed by atoms with E-state index in [1.54, 1.807) is 18.2 Å². The van der Waals surface area contributed by atoms with Crippen LogP contribution in [0.15, 0.2) is 28.8 Å². The number of oxazole rings is 1. The molecule has 3 heterocycles. The summed E-state index contributed by atoms with van der Waals surface area (Å²) in [7, 11) is 0. The maximum atomic E-state index is 12.3. The molecule has 2 aromatic rings. The minimum absolute atomic E-state index is 0.0545. The maximum Gasteiger partial charge on any atom is 0.307 e. The number of benzene rings is 1. The summed E-state index contributed by atoms with van der Waals surface area (Å²) in [4.78, 5) is 16.4. The third-order valence-corrected chi connectivity index (χ3v) is 4.90. The number of carbonyl (C=O) groups is 1. The predicted octanol–water partition coefficient (Wildman–Crippen LogP) is 3.27. The Hall–Kier alpha value is -1.56. The van der Waals surface area contributed by atoms with E-state index in [4.69, 9.17) is 27.6 Å². The number of rotatable bonds is 3. The minimum Gasteiger partial charge on any atom is -0.432 e. The Kier molecular flexibility index (Phi) is 3.79. The van der Waals surface area contributed by atoms with E-state index in [9.17, 15) is 4.79 Å². The molecule has 4 rings (SSSR count). The molecule has 0 saturated carbocycles. The highest BCUT2D eigenvalue weighted by Crippen LogP contribution is 2.29. The lowest BCUT2D eigenvalue weighted by molar-refractivity contribution is 0.0896. The van der Waals surface area contributed by atoms with Crippen molar-refractivity contribution >= 4 is 29.1 Å². The second kappa shape index (κ2) is 5.82. The topological polar surface area (TPSA) is 67.2 Å². The molecule has 2 bridgehead atoms. The monoisotopic (exact) mass is 351 g/mol. The van der Waals surface area contributed by atoms with Crippen molar-refractivity contribution in [3.63, 3.8) is 0 Å². The first-order valence-electron chi connectivity index (χ1n) is 7.58. The van der Waals surface area contributed by atoms with Crippen molar-refractivity contribution in [2.75, 3.05) is 0 Å². The van der Waals surface area contributed by atoms with E-state index in [0.717, 1.165) is 12.8 Å². The highest BCUT2D eigenvalue weighted by molar-refractivity contribution is 6.35. The highest BCUT2D eigenvalue weighted by Gasteiger charge is 2.40. The lowest BCUT2D eigenvalue weighted by atomic mass is 9.95. The number of nitrogens with zero attached hydrogens (tertiary/aromatic N) is 1. The van der Waals surface area contributed by atoms with E-state index < -0.39 is 0 Å². The fourth-order valence-electron chi connectivity index (χ4n) is 3.42. The average molecular weight is 352 g/mol. The van der Waals surface area contributed by atoms with Crippen LogP contribution in [-0.4, -0.2) is 29.0 Å². The standard InChI is InChI=1S/C16H15Cl2N3O2/c17-9-3-8(4-10(18)5-9)14-7-19-16(23-14)15(22)21-13-6-11-1-2-12(13)20-11/h3-5,7,11-13,20H,1-2,6H2,(H,21,22). The molecular formula is C16H15Cl2N3O2. The molecule has 3 atom stereocenters. The van der Waals surface area contributed by atoms with Gasteiger partial charge in [0, 0.05) is 33.7 Å². The van der Waals surface area contributed by atoms with Crippen LogP contribution in [0.2, 0.25) is 10.0 Å². The van der Waals surface area contributed by atoms with Gasteiger partial charge >= 0.3 is 5.91 Å². The molecule has 0 radical (unpaired) electrons. The van der Waals surface area contributed by atoms with Crippen molar-refractivity contribution in [1.29, 1.82) is 0 Å². The molecule has 1 aromatic heterocycles. The largest absolute Gasteiger partial charge is 0.432 e. The predicted molar refractivity (Wildman–Crippen MR) is 87.8 cm³/mol. The number of hydrogen-bond donors (Lipinski definition) is 2. The van der Waals surface area contributed by atoms with Gasteiger partial charge in [-0.1, -0.05) is 23.2 Å². The van der Waals surface area contributed by atoms with Gasteiger partial charge in [-0.25, -0.2) is 4.98 Å². The van der Waals surface area contributed by atoms with E-state index in [2.05, 4.69) is 15.6 Å². The summed E-state index contributed by atoms with van der Waals surface area (Å²) >= 11 is 12.0. The first kappa shape index (κ1) is 15.0. The van der Waals surface area contributed by atoms with E-state index in [0.29, 0.717) is 33.5 Å². The summed E-state index contributed by atoms with van der Waals surface area (Å²) in [5.41, 5.74) is 0.690. The number of hydrogen-bond acceptors (Lipinski definition) is 4. The van der Waals surface area contributed by atoms with Gasteiger partial charge in [-0.2, -0.15) is 0 Å². The van der Waals surface area contributed by atoms with E-state index in [1.165, 1.54) is 12.6 Å².